The molecule has 0 spiro atoms. The zero-order chi connectivity index (χ0) is 22.4. The van der Waals surface area contributed by atoms with E-state index in [1.165, 1.54) is 4.31 Å². The third-order valence-corrected chi connectivity index (χ3v) is 6.71. The predicted octanol–water partition coefficient (Wildman–Crippen LogP) is 2.91. The molecule has 1 saturated heterocycles. The molecule has 0 aliphatic carbocycles. The number of hydrogen-bond acceptors (Lipinski definition) is 5. The second kappa shape index (κ2) is 10.7. The molecule has 1 aliphatic rings. The fourth-order valence-corrected chi connectivity index (χ4v) is 5.18. The van der Waals surface area contributed by atoms with E-state index in [0.717, 1.165) is 6.07 Å². The van der Waals surface area contributed by atoms with Crippen molar-refractivity contribution in [3.05, 3.63) is 65.5 Å². The Hall–Kier alpha value is -1.79. The van der Waals surface area contributed by atoms with Crippen LogP contribution in [0.1, 0.15) is 12.0 Å². The summed E-state index contributed by atoms with van der Waals surface area (Å²) in [6, 6.07) is 9.66. The molecule has 11 heteroatoms. The topological polar surface area (TPSA) is 67.9 Å². The van der Waals surface area contributed by atoms with Gasteiger partial charge in [0.2, 0.25) is 0 Å². The van der Waals surface area contributed by atoms with Gasteiger partial charge in [0.25, 0.3) is 10.2 Å². The number of ether oxygens (including phenoxy) is 2. The third kappa shape index (κ3) is 6.59. The molecule has 6 nitrogen and oxygen atoms in total. The highest BCUT2D eigenvalue weighted by Crippen LogP contribution is 2.25. The fraction of sp³-hybridized carbons (Fsp3) is 0.400. The van der Waals surface area contributed by atoms with Crippen molar-refractivity contribution in [2.24, 2.45) is 0 Å². The van der Waals surface area contributed by atoms with Gasteiger partial charge in [-0.2, -0.15) is 30.1 Å². The first kappa shape index (κ1) is 23.9. The zero-order valence-corrected chi connectivity index (χ0v) is 18.2. The molecule has 0 aromatic heterocycles. The summed E-state index contributed by atoms with van der Waals surface area (Å²) in [4.78, 5) is 0. The molecule has 2 atom stereocenters. The number of para-hydroxylation sites is 1. The Morgan fingerprint density at radius 3 is 2.55 bits per heavy atom. The van der Waals surface area contributed by atoms with E-state index in [2.05, 4.69) is 17.4 Å². The van der Waals surface area contributed by atoms with E-state index in [1.807, 2.05) is 18.2 Å². The van der Waals surface area contributed by atoms with E-state index >= 15 is 0 Å². The minimum absolute atomic E-state index is 0.0447. The summed E-state index contributed by atoms with van der Waals surface area (Å²) < 4.78 is 80.0. The van der Waals surface area contributed by atoms with Gasteiger partial charge >= 0.3 is 0 Å². The maximum Gasteiger partial charge on any atom is 0.279 e. The number of rotatable bonds is 10. The Morgan fingerprint density at radius 1 is 1.10 bits per heavy atom. The molecule has 1 fully saturated rings. The van der Waals surface area contributed by atoms with Crippen molar-refractivity contribution in [2.75, 3.05) is 26.3 Å². The molecule has 0 amide bonds. The summed E-state index contributed by atoms with van der Waals surface area (Å²) in [7, 11) is -3.82. The Balaban J connectivity index is 1.51. The van der Waals surface area contributed by atoms with Crippen LogP contribution in [-0.4, -0.2) is 50.3 Å². The lowest BCUT2D eigenvalue weighted by Crippen LogP contribution is -2.46. The van der Waals surface area contributed by atoms with E-state index in [4.69, 9.17) is 9.47 Å². The molecule has 1 aliphatic heterocycles. The van der Waals surface area contributed by atoms with Crippen LogP contribution in [0.25, 0.3) is 0 Å². The normalized spacial score (nSPS) is 19.6. The minimum Gasteiger partial charge on any atom is -0.492 e. The van der Waals surface area contributed by atoms with E-state index in [1.54, 1.807) is 12.1 Å². The predicted molar refractivity (Wildman–Crippen MR) is 113 cm³/mol. The van der Waals surface area contributed by atoms with Gasteiger partial charge in [0.05, 0.1) is 19.3 Å². The molecule has 2 unspecified atom stereocenters. The largest absolute Gasteiger partial charge is 0.492 e. The molecule has 0 radical (unpaired) electrons. The van der Waals surface area contributed by atoms with Crippen molar-refractivity contribution in [3.8, 4) is 5.75 Å². The maximum absolute atomic E-state index is 13.7. The van der Waals surface area contributed by atoms with Gasteiger partial charge in [0.1, 0.15) is 18.2 Å². The Kier molecular flexibility index (Phi) is 8.23. The number of halogens is 3. The van der Waals surface area contributed by atoms with Crippen LogP contribution in [-0.2, 0) is 21.6 Å². The molecule has 3 rings (SSSR count). The van der Waals surface area contributed by atoms with Crippen molar-refractivity contribution in [1.29, 1.82) is 0 Å². The van der Waals surface area contributed by atoms with Gasteiger partial charge in [-0.1, -0.05) is 18.2 Å². The van der Waals surface area contributed by atoms with Gasteiger partial charge in [0.15, 0.2) is 11.6 Å². The van der Waals surface area contributed by atoms with E-state index < -0.39 is 33.7 Å². The van der Waals surface area contributed by atoms with E-state index in [9.17, 15) is 21.6 Å². The monoisotopic (exact) mass is 476 g/mol. The first-order valence-corrected chi connectivity index (χ1v) is 11.6. The minimum atomic E-state index is -3.82. The first-order chi connectivity index (χ1) is 14.8. The molecule has 0 bridgehead atoms. The number of hydrogen-bond donors (Lipinski definition) is 2. The van der Waals surface area contributed by atoms with Crippen LogP contribution in [0.2, 0.25) is 0 Å². The van der Waals surface area contributed by atoms with Crippen LogP contribution in [0.15, 0.2) is 42.5 Å². The lowest BCUT2D eigenvalue weighted by Gasteiger charge is -2.24. The quantitative estimate of drug-likeness (QED) is 0.314. The lowest BCUT2D eigenvalue weighted by molar-refractivity contribution is 0.0849. The molecule has 31 heavy (non-hydrogen) atoms. The number of nitrogens with zero attached hydrogens (tertiary/aromatic N) is 1. The highest BCUT2D eigenvalue weighted by Gasteiger charge is 2.38. The second-order valence-corrected chi connectivity index (χ2v) is 9.48. The highest BCUT2D eigenvalue weighted by molar-refractivity contribution is 7.87. The molecule has 1 N–H and O–H groups in total. The van der Waals surface area contributed by atoms with Gasteiger partial charge in [-0.3, -0.25) is 0 Å². The van der Waals surface area contributed by atoms with Crippen molar-refractivity contribution < 1.29 is 31.1 Å². The standard InChI is InChI=1S/C20H23F3N2O4S2/c21-18-10-20(23)19(22)8-14(18)12-28-13-15-9-17(30)11-25(15)31(26,27)24-6-7-29-16-4-2-1-3-5-16/h1-5,8,10,15,17,24,30H,6-7,9,11-13H2. The second-order valence-electron chi connectivity index (χ2n) is 7.05. The number of nitrogens with one attached hydrogen (secondary N) is 1. The smallest absolute Gasteiger partial charge is 0.279 e. The zero-order valence-electron chi connectivity index (χ0n) is 16.5. The number of thiol groups is 1. The van der Waals surface area contributed by atoms with Crippen LogP contribution < -0.4 is 9.46 Å². The summed E-state index contributed by atoms with van der Waals surface area (Å²) in [5, 5.41) is -0.189. The highest BCUT2D eigenvalue weighted by atomic mass is 32.2. The number of benzene rings is 2. The van der Waals surface area contributed by atoms with Crippen molar-refractivity contribution >= 4 is 22.8 Å². The van der Waals surface area contributed by atoms with Gasteiger partial charge in [0, 0.05) is 30.0 Å². The van der Waals surface area contributed by atoms with Crippen LogP contribution in [0.3, 0.4) is 0 Å². The summed E-state index contributed by atoms with van der Waals surface area (Å²) in [6.07, 6.45) is 0.435. The average molecular weight is 477 g/mol. The Labute approximate surface area is 184 Å². The average Bonchev–Trinajstić information content (AvgIpc) is 3.11. The molecule has 2 aromatic rings. The molecular formula is C20H23F3N2O4S2. The molecule has 170 valence electrons. The Bertz CT molecular complexity index is 980. The summed E-state index contributed by atoms with van der Waals surface area (Å²) >= 11 is 4.37. The summed E-state index contributed by atoms with van der Waals surface area (Å²) in [5.41, 5.74) is -0.148. The third-order valence-electron chi connectivity index (χ3n) is 4.71. The molecule has 0 saturated carbocycles. The van der Waals surface area contributed by atoms with Crippen molar-refractivity contribution in [2.45, 2.75) is 24.3 Å². The first-order valence-electron chi connectivity index (χ1n) is 9.60. The molecule has 1 heterocycles. The molecular weight excluding hydrogens is 453 g/mol. The summed E-state index contributed by atoms with van der Waals surface area (Å²) in [6.45, 7) is 0.0437. The van der Waals surface area contributed by atoms with Gasteiger partial charge < -0.3 is 9.47 Å². The van der Waals surface area contributed by atoms with Crippen molar-refractivity contribution in [3.63, 3.8) is 0 Å². The molecule has 2 aromatic carbocycles. The van der Waals surface area contributed by atoms with Crippen LogP contribution in [0.5, 0.6) is 5.75 Å². The lowest BCUT2D eigenvalue weighted by atomic mass is 10.2. The van der Waals surface area contributed by atoms with Gasteiger partial charge in [-0.05, 0) is 24.6 Å². The van der Waals surface area contributed by atoms with Crippen LogP contribution >= 0.6 is 12.6 Å². The van der Waals surface area contributed by atoms with E-state index in [-0.39, 0.29) is 43.7 Å². The SMILES string of the molecule is O=S(=O)(NCCOc1ccccc1)N1CC(S)CC1COCc1cc(F)c(F)cc1F. The van der Waals surface area contributed by atoms with Gasteiger partial charge in [-0.25, -0.2) is 13.2 Å². The van der Waals surface area contributed by atoms with Crippen LogP contribution in [0, 0.1) is 17.5 Å². The van der Waals surface area contributed by atoms with Gasteiger partial charge in [-0.15, -0.1) is 0 Å². The van der Waals surface area contributed by atoms with E-state index in [0.29, 0.717) is 18.2 Å². The summed E-state index contributed by atoms with van der Waals surface area (Å²) in [5.74, 6) is -2.76. The fourth-order valence-electron chi connectivity index (χ4n) is 3.23. The Morgan fingerprint density at radius 2 is 1.81 bits per heavy atom. The van der Waals surface area contributed by atoms with Crippen LogP contribution in [0.4, 0.5) is 13.2 Å². The van der Waals surface area contributed by atoms with Crippen molar-refractivity contribution in [1.82, 2.24) is 9.03 Å². The maximum atomic E-state index is 13.7.